The monoisotopic (exact) mass is 520 g/mol. The van der Waals surface area contributed by atoms with Gasteiger partial charge in [0.15, 0.2) is 0 Å². The molecule has 1 aliphatic heterocycles. The molecule has 0 fully saturated rings. The molecule has 0 aliphatic carbocycles. The summed E-state index contributed by atoms with van der Waals surface area (Å²) in [7, 11) is 4.02. The Kier molecular flexibility index (Phi) is 7.94. The summed E-state index contributed by atoms with van der Waals surface area (Å²) in [5.74, 6) is -0.818. The van der Waals surface area contributed by atoms with Gasteiger partial charge in [0.2, 0.25) is 6.10 Å². The van der Waals surface area contributed by atoms with E-state index in [9.17, 15) is 14.4 Å². The van der Waals surface area contributed by atoms with E-state index >= 15 is 0 Å². The first-order valence-corrected chi connectivity index (χ1v) is 12.3. The fraction of sp³-hybridized carbons (Fsp3) is 0.357. The highest BCUT2D eigenvalue weighted by atomic mass is 16.7. The molecular weight excluding hydrogens is 488 g/mol. The lowest BCUT2D eigenvalue weighted by atomic mass is 10.1. The summed E-state index contributed by atoms with van der Waals surface area (Å²) in [6, 6.07) is 15.5. The van der Waals surface area contributed by atoms with Crippen LogP contribution in [0, 0.1) is 0 Å². The zero-order valence-corrected chi connectivity index (χ0v) is 22.2. The van der Waals surface area contributed by atoms with Gasteiger partial charge in [-0.1, -0.05) is 12.1 Å². The van der Waals surface area contributed by atoms with E-state index in [4.69, 9.17) is 14.3 Å². The van der Waals surface area contributed by atoms with Crippen molar-refractivity contribution in [1.29, 1.82) is 0 Å². The number of hydrogen-bond acceptors (Lipinski definition) is 9. The van der Waals surface area contributed by atoms with Gasteiger partial charge in [-0.15, -0.1) is 5.06 Å². The number of fused-ring (bicyclic) bond motifs is 2. The van der Waals surface area contributed by atoms with E-state index in [0.29, 0.717) is 10.8 Å². The van der Waals surface area contributed by atoms with Gasteiger partial charge in [0, 0.05) is 18.5 Å². The lowest BCUT2D eigenvalue weighted by Gasteiger charge is -2.26. The van der Waals surface area contributed by atoms with Crippen molar-refractivity contribution >= 4 is 34.5 Å². The van der Waals surface area contributed by atoms with Crippen LogP contribution in [0.3, 0.4) is 0 Å². The molecule has 0 radical (unpaired) electrons. The minimum Gasteiger partial charge on any atom is -0.490 e. The van der Waals surface area contributed by atoms with Crippen molar-refractivity contribution in [2.24, 2.45) is 0 Å². The van der Waals surface area contributed by atoms with Crippen LogP contribution >= 0.6 is 0 Å². The number of anilines is 1. The molecule has 0 bridgehead atoms. The topological polar surface area (TPSA) is 110 Å². The van der Waals surface area contributed by atoms with Gasteiger partial charge in [0.05, 0.1) is 16.6 Å². The normalized spacial score (nSPS) is 14.1. The highest BCUT2D eigenvalue weighted by Crippen LogP contribution is 2.25. The first-order valence-electron chi connectivity index (χ1n) is 12.3. The van der Waals surface area contributed by atoms with Crippen LogP contribution in [0.15, 0.2) is 54.6 Å². The van der Waals surface area contributed by atoms with Crippen LogP contribution in [0.25, 0.3) is 10.9 Å². The number of aromatic nitrogens is 1. The van der Waals surface area contributed by atoms with Crippen molar-refractivity contribution in [2.75, 3.05) is 39.1 Å². The van der Waals surface area contributed by atoms with E-state index in [0.717, 1.165) is 29.8 Å². The number of ether oxygens (including phenoxy) is 2. The lowest BCUT2D eigenvalue weighted by Crippen LogP contribution is -2.43. The SMILES string of the molecule is CN(C)CCNc1ccc2cc(OCC(ON3C(=O)c4ccccc4C3=O)C(=O)OC(C)(C)C)ccc2n1. The molecule has 1 aliphatic rings. The minimum atomic E-state index is -1.37. The van der Waals surface area contributed by atoms with Crippen LogP contribution in [0.2, 0.25) is 0 Å². The molecule has 200 valence electrons. The number of hydrogen-bond donors (Lipinski definition) is 1. The van der Waals surface area contributed by atoms with Crippen LogP contribution in [0.5, 0.6) is 5.75 Å². The molecule has 4 rings (SSSR count). The third-order valence-electron chi connectivity index (χ3n) is 5.59. The number of amides is 2. The first-order chi connectivity index (χ1) is 18.0. The largest absolute Gasteiger partial charge is 0.490 e. The number of pyridine rings is 1. The molecule has 2 aromatic carbocycles. The van der Waals surface area contributed by atoms with E-state index in [1.807, 2.05) is 32.3 Å². The van der Waals surface area contributed by atoms with Crippen LogP contribution in [0.4, 0.5) is 5.82 Å². The predicted molar refractivity (Wildman–Crippen MR) is 142 cm³/mol. The van der Waals surface area contributed by atoms with Gasteiger partial charge >= 0.3 is 5.97 Å². The van der Waals surface area contributed by atoms with Crippen LogP contribution in [0.1, 0.15) is 41.5 Å². The fourth-order valence-electron chi connectivity index (χ4n) is 3.77. The Balaban J connectivity index is 1.47. The molecule has 0 saturated carbocycles. The molecule has 0 spiro atoms. The van der Waals surface area contributed by atoms with Gasteiger partial charge in [-0.05, 0) is 77.3 Å². The van der Waals surface area contributed by atoms with E-state index in [2.05, 4.69) is 15.2 Å². The van der Waals surface area contributed by atoms with Crippen LogP contribution in [-0.4, -0.2) is 78.2 Å². The molecule has 38 heavy (non-hydrogen) atoms. The number of esters is 1. The maximum absolute atomic E-state index is 12.9. The maximum atomic E-state index is 12.9. The lowest BCUT2D eigenvalue weighted by molar-refractivity contribution is -0.193. The second-order valence-corrected chi connectivity index (χ2v) is 10.2. The van der Waals surface area contributed by atoms with Crippen LogP contribution in [-0.2, 0) is 14.4 Å². The average molecular weight is 521 g/mol. The third-order valence-corrected chi connectivity index (χ3v) is 5.59. The zero-order valence-electron chi connectivity index (χ0n) is 22.2. The number of hydroxylamine groups is 2. The molecule has 10 nitrogen and oxygen atoms in total. The van der Waals surface area contributed by atoms with Gasteiger partial charge in [0.25, 0.3) is 11.8 Å². The number of nitrogens with one attached hydrogen (secondary N) is 1. The highest BCUT2D eigenvalue weighted by Gasteiger charge is 2.40. The molecule has 1 atom stereocenters. The average Bonchev–Trinajstić information content (AvgIpc) is 3.10. The number of carbonyl (C=O) groups excluding carboxylic acids is 3. The molecule has 2 amide bonds. The van der Waals surface area contributed by atoms with Crippen molar-refractivity contribution in [1.82, 2.24) is 14.9 Å². The molecule has 10 heteroatoms. The molecule has 0 saturated heterocycles. The first kappa shape index (κ1) is 27.0. The molecule has 3 aromatic rings. The Morgan fingerprint density at radius 3 is 2.34 bits per heavy atom. The van der Waals surface area contributed by atoms with Crippen molar-refractivity contribution in [3.8, 4) is 5.75 Å². The van der Waals surface area contributed by atoms with E-state index in [-0.39, 0.29) is 17.7 Å². The summed E-state index contributed by atoms with van der Waals surface area (Å²) in [6.45, 7) is 6.51. The van der Waals surface area contributed by atoms with Gasteiger partial charge in [-0.3, -0.25) is 9.59 Å². The van der Waals surface area contributed by atoms with Crippen molar-refractivity contribution in [2.45, 2.75) is 32.5 Å². The Morgan fingerprint density at radius 2 is 1.71 bits per heavy atom. The second-order valence-electron chi connectivity index (χ2n) is 10.2. The quantitative estimate of drug-likeness (QED) is 0.317. The Hall–Kier alpha value is -4.02. The number of benzene rings is 2. The summed E-state index contributed by atoms with van der Waals surface area (Å²) in [5.41, 5.74) is 0.379. The molecular formula is C28H32N4O6. The van der Waals surface area contributed by atoms with E-state index in [1.165, 1.54) is 12.1 Å². The van der Waals surface area contributed by atoms with Crippen LogP contribution < -0.4 is 10.1 Å². The summed E-state index contributed by atoms with van der Waals surface area (Å²) >= 11 is 0. The van der Waals surface area contributed by atoms with E-state index in [1.54, 1.807) is 45.0 Å². The Labute approximate surface area is 221 Å². The number of carbonyl (C=O) groups is 3. The Morgan fingerprint density at radius 1 is 1.03 bits per heavy atom. The smallest absolute Gasteiger partial charge is 0.342 e. The summed E-state index contributed by atoms with van der Waals surface area (Å²) < 4.78 is 11.3. The maximum Gasteiger partial charge on any atom is 0.342 e. The Bertz CT molecular complexity index is 1320. The summed E-state index contributed by atoms with van der Waals surface area (Å²) in [6.07, 6.45) is -1.37. The standard InChI is InChI=1S/C28H32N4O6/c1-28(2,3)37-27(35)23(38-32-25(33)20-8-6-7-9-21(20)26(32)34)17-36-19-11-12-22-18(16-19)10-13-24(30-22)29-14-15-31(4)5/h6-13,16,23H,14-15,17H2,1-5H3,(H,29,30). The van der Waals surface area contributed by atoms with Crippen molar-refractivity contribution in [3.63, 3.8) is 0 Å². The van der Waals surface area contributed by atoms with Crippen molar-refractivity contribution in [3.05, 3.63) is 65.7 Å². The summed E-state index contributed by atoms with van der Waals surface area (Å²) in [4.78, 5) is 50.8. The zero-order chi connectivity index (χ0) is 27.4. The van der Waals surface area contributed by atoms with Gasteiger partial charge in [-0.2, -0.15) is 0 Å². The molecule has 2 heterocycles. The van der Waals surface area contributed by atoms with Gasteiger partial charge in [-0.25, -0.2) is 14.6 Å². The molecule has 1 N–H and O–H groups in total. The highest BCUT2D eigenvalue weighted by molar-refractivity contribution is 6.20. The molecule has 1 aromatic heterocycles. The number of nitrogens with zero attached hydrogens (tertiary/aromatic N) is 3. The predicted octanol–water partition coefficient (Wildman–Crippen LogP) is 3.53. The number of imide groups is 1. The minimum absolute atomic E-state index is 0.207. The summed E-state index contributed by atoms with van der Waals surface area (Å²) in [5, 5.41) is 4.73. The third kappa shape index (κ3) is 6.45. The fourth-order valence-corrected chi connectivity index (χ4v) is 3.77. The van der Waals surface area contributed by atoms with Gasteiger partial charge in [0.1, 0.15) is 23.8 Å². The molecule has 1 unspecified atom stereocenters. The number of likely N-dealkylation sites (N-methyl/N-ethyl adjacent to an activating group) is 1. The van der Waals surface area contributed by atoms with Gasteiger partial charge < -0.3 is 19.7 Å². The second kappa shape index (κ2) is 11.2. The van der Waals surface area contributed by atoms with Crippen molar-refractivity contribution < 1.29 is 28.7 Å². The van der Waals surface area contributed by atoms with E-state index < -0.39 is 29.5 Å². The number of rotatable bonds is 10.